The van der Waals surface area contributed by atoms with Crippen LogP contribution in [0.3, 0.4) is 0 Å². The Kier molecular flexibility index (Phi) is 7.84. The van der Waals surface area contributed by atoms with Gasteiger partial charge in [-0.05, 0) is 80.9 Å². The molecule has 2 aromatic heterocycles. The molecule has 0 saturated heterocycles. The van der Waals surface area contributed by atoms with Gasteiger partial charge in [0.25, 0.3) is 5.56 Å². The molecule has 3 aromatic carbocycles. The zero-order valence-corrected chi connectivity index (χ0v) is 25.3. The second-order valence-corrected chi connectivity index (χ2v) is 11.5. The number of para-hydroxylation sites is 1. The molecule has 3 heterocycles. The van der Waals surface area contributed by atoms with Crippen molar-refractivity contribution in [1.82, 2.24) is 14.3 Å². The molecule has 1 aliphatic heterocycles. The fourth-order valence-corrected chi connectivity index (χ4v) is 6.18. The van der Waals surface area contributed by atoms with E-state index in [0.29, 0.717) is 48.7 Å². The summed E-state index contributed by atoms with van der Waals surface area (Å²) in [7, 11) is 1.58. The molecule has 0 radical (unpaired) electrons. The van der Waals surface area contributed by atoms with Crippen LogP contribution >= 0.6 is 11.3 Å². The fourth-order valence-electron chi connectivity index (χ4n) is 5.14. The second-order valence-electron chi connectivity index (χ2n) is 10.5. The van der Waals surface area contributed by atoms with Crippen LogP contribution < -0.4 is 19.6 Å². The molecule has 0 bridgehead atoms. The number of hydrogen-bond acceptors (Lipinski definition) is 7. The predicted octanol–water partition coefficient (Wildman–Crippen LogP) is 5.19. The van der Waals surface area contributed by atoms with Gasteiger partial charge in [0.05, 0.1) is 40.7 Å². The molecule has 5 aromatic rings. The van der Waals surface area contributed by atoms with Crippen LogP contribution in [0.5, 0.6) is 5.75 Å². The molecule has 0 amide bonds. The number of hydrogen-bond donors (Lipinski definition) is 0. The molecule has 0 aliphatic carbocycles. The molecule has 0 N–H and O–H groups in total. The quantitative estimate of drug-likeness (QED) is 0.238. The van der Waals surface area contributed by atoms with Crippen molar-refractivity contribution in [2.75, 3.05) is 7.11 Å². The summed E-state index contributed by atoms with van der Waals surface area (Å²) in [5.74, 6) is -0.234. The SMILES string of the molecule is COc1ccc(C2C(C(=O)OC(C)C)=C(C)N=c3s/c(=C/c4cn(-c5ccccc5)nc4-c4ccc(F)cc4)c(=O)n32)cc1. The van der Waals surface area contributed by atoms with E-state index in [4.69, 9.17) is 14.6 Å². The Balaban J connectivity index is 1.55. The third kappa shape index (κ3) is 5.51. The number of thiazole rings is 1. The van der Waals surface area contributed by atoms with E-state index >= 15 is 0 Å². The van der Waals surface area contributed by atoms with Crippen molar-refractivity contribution >= 4 is 23.4 Å². The van der Waals surface area contributed by atoms with Crippen molar-refractivity contribution in [2.45, 2.75) is 32.9 Å². The first-order valence-electron chi connectivity index (χ1n) is 14.0. The number of aromatic nitrogens is 3. The number of halogens is 1. The molecule has 222 valence electrons. The first-order valence-corrected chi connectivity index (χ1v) is 14.8. The lowest BCUT2D eigenvalue weighted by molar-refractivity contribution is -0.143. The highest BCUT2D eigenvalue weighted by molar-refractivity contribution is 7.07. The van der Waals surface area contributed by atoms with Crippen LogP contribution in [0, 0.1) is 5.82 Å². The first-order chi connectivity index (χ1) is 21.2. The minimum atomic E-state index is -0.755. The van der Waals surface area contributed by atoms with Crippen molar-refractivity contribution in [1.29, 1.82) is 0 Å². The van der Waals surface area contributed by atoms with Crippen LogP contribution in [-0.2, 0) is 9.53 Å². The number of carbonyl (C=O) groups is 1. The summed E-state index contributed by atoms with van der Waals surface area (Å²) in [6.45, 7) is 5.31. The topological polar surface area (TPSA) is 87.7 Å². The lowest BCUT2D eigenvalue weighted by atomic mass is 9.96. The number of ether oxygens (including phenoxy) is 2. The summed E-state index contributed by atoms with van der Waals surface area (Å²) in [6.07, 6.45) is 3.25. The normalized spacial score (nSPS) is 14.9. The third-order valence-corrected chi connectivity index (χ3v) is 8.17. The van der Waals surface area contributed by atoms with Gasteiger partial charge in [-0.2, -0.15) is 5.10 Å². The monoisotopic (exact) mass is 608 g/mol. The summed E-state index contributed by atoms with van der Waals surface area (Å²) in [5.41, 5.74) is 3.97. The standard InChI is InChI=1S/C34H29FN4O4S/c1-20(2)43-33(41)29-21(3)36-34-39(31(29)23-12-16-27(42-4)17-13-23)32(40)28(44-34)18-24-19-38(26-8-6-5-7-9-26)37-30(24)22-10-14-25(35)15-11-22/h5-20,31H,1-4H3/b28-18+. The van der Waals surface area contributed by atoms with Crippen LogP contribution in [0.15, 0.2) is 106 Å². The summed E-state index contributed by atoms with van der Waals surface area (Å²) >= 11 is 1.23. The van der Waals surface area contributed by atoms with E-state index in [1.54, 1.807) is 67.5 Å². The molecular weight excluding hydrogens is 579 g/mol. The van der Waals surface area contributed by atoms with Crippen LogP contribution in [0.2, 0.25) is 0 Å². The number of allylic oxidation sites excluding steroid dienone is 1. The number of benzene rings is 3. The summed E-state index contributed by atoms with van der Waals surface area (Å²) < 4.78 is 28.4. The Hall–Kier alpha value is -5.09. The molecule has 0 saturated carbocycles. The molecule has 0 fully saturated rings. The van der Waals surface area contributed by atoms with Gasteiger partial charge >= 0.3 is 5.97 Å². The summed E-state index contributed by atoms with van der Waals surface area (Å²) in [4.78, 5) is 32.7. The Morgan fingerprint density at radius 3 is 2.39 bits per heavy atom. The van der Waals surface area contributed by atoms with Gasteiger partial charge in [0.1, 0.15) is 17.3 Å². The largest absolute Gasteiger partial charge is 0.497 e. The number of methoxy groups -OCH3 is 1. The van der Waals surface area contributed by atoms with Gasteiger partial charge in [-0.25, -0.2) is 18.9 Å². The second kappa shape index (κ2) is 11.9. The van der Waals surface area contributed by atoms with Crippen LogP contribution in [0.1, 0.15) is 37.9 Å². The van der Waals surface area contributed by atoms with Gasteiger partial charge in [-0.1, -0.05) is 41.7 Å². The minimum Gasteiger partial charge on any atom is -0.497 e. The molecule has 44 heavy (non-hydrogen) atoms. The van der Waals surface area contributed by atoms with Gasteiger partial charge in [-0.3, -0.25) is 9.36 Å². The summed E-state index contributed by atoms with van der Waals surface area (Å²) in [6, 6.07) is 22.2. The highest BCUT2D eigenvalue weighted by atomic mass is 32.1. The maximum Gasteiger partial charge on any atom is 0.338 e. The van der Waals surface area contributed by atoms with E-state index in [9.17, 15) is 14.0 Å². The van der Waals surface area contributed by atoms with Crippen LogP contribution in [0.25, 0.3) is 23.0 Å². The summed E-state index contributed by atoms with van der Waals surface area (Å²) in [5, 5.41) is 4.80. The first kappa shape index (κ1) is 29.0. The molecular formula is C34H29FN4O4S. The molecule has 10 heteroatoms. The van der Waals surface area contributed by atoms with E-state index in [-0.39, 0.29) is 17.5 Å². The Morgan fingerprint density at radius 1 is 1.02 bits per heavy atom. The maximum absolute atomic E-state index is 14.2. The Morgan fingerprint density at radius 2 is 1.73 bits per heavy atom. The maximum atomic E-state index is 14.2. The van der Waals surface area contributed by atoms with Crippen molar-refractivity contribution in [3.63, 3.8) is 0 Å². The lowest BCUT2D eigenvalue weighted by Gasteiger charge is -2.25. The van der Waals surface area contributed by atoms with E-state index < -0.39 is 12.0 Å². The van der Waals surface area contributed by atoms with E-state index in [1.165, 1.54) is 23.5 Å². The van der Waals surface area contributed by atoms with Gasteiger partial charge in [0.2, 0.25) is 0 Å². The minimum absolute atomic E-state index is 0.298. The average molecular weight is 609 g/mol. The molecule has 1 atom stereocenters. The Labute approximate surface area is 256 Å². The van der Waals surface area contributed by atoms with E-state index in [0.717, 1.165) is 5.69 Å². The highest BCUT2D eigenvalue weighted by Gasteiger charge is 2.34. The van der Waals surface area contributed by atoms with Gasteiger partial charge in [0, 0.05) is 17.3 Å². The number of fused-ring (bicyclic) bond motifs is 1. The van der Waals surface area contributed by atoms with Gasteiger partial charge < -0.3 is 9.47 Å². The smallest absolute Gasteiger partial charge is 0.338 e. The average Bonchev–Trinajstić information content (AvgIpc) is 3.57. The molecule has 6 rings (SSSR count). The third-order valence-electron chi connectivity index (χ3n) is 7.18. The van der Waals surface area contributed by atoms with Crippen LogP contribution in [0.4, 0.5) is 4.39 Å². The molecule has 1 aliphatic rings. The number of esters is 1. The number of carbonyl (C=O) groups excluding carboxylic acids is 1. The zero-order valence-electron chi connectivity index (χ0n) is 24.5. The van der Waals surface area contributed by atoms with Crippen molar-refractivity contribution in [3.8, 4) is 22.7 Å². The predicted molar refractivity (Wildman–Crippen MR) is 167 cm³/mol. The van der Waals surface area contributed by atoms with Crippen molar-refractivity contribution < 1.29 is 18.7 Å². The van der Waals surface area contributed by atoms with Gasteiger partial charge in [-0.15, -0.1) is 0 Å². The molecule has 0 spiro atoms. The van der Waals surface area contributed by atoms with Crippen molar-refractivity contribution in [2.24, 2.45) is 4.99 Å². The van der Waals surface area contributed by atoms with E-state index in [2.05, 4.69) is 4.99 Å². The number of nitrogens with zero attached hydrogens (tertiary/aromatic N) is 4. The van der Waals surface area contributed by atoms with E-state index in [1.807, 2.05) is 48.7 Å². The Bertz CT molecular complexity index is 2060. The lowest BCUT2D eigenvalue weighted by Crippen LogP contribution is -2.40. The molecule has 1 unspecified atom stereocenters. The van der Waals surface area contributed by atoms with Gasteiger partial charge in [0.15, 0.2) is 4.80 Å². The van der Waals surface area contributed by atoms with Crippen LogP contribution in [-0.4, -0.2) is 33.5 Å². The van der Waals surface area contributed by atoms with Crippen molar-refractivity contribution in [3.05, 3.63) is 133 Å². The zero-order chi connectivity index (χ0) is 31.0. The highest BCUT2D eigenvalue weighted by Crippen LogP contribution is 2.32. The fraction of sp³-hybridized carbons (Fsp3) is 0.176. The molecule has 8 nitrogen and oxygen atoms in total. The number of rotatable bonds is 7.